The number of rotatable bonds is 43. The normalized spacial score (nSPS) is 14.5. The number of phosphoric ester groups is 1. The number of aliphatic hydroxyl groups excluding tert-OH is 1. The standard InChI is InChI=1S/C46H84NO11P/c1-3-5-7-8-9-10-11-12-13-14-15-16-17-18-19-22-26-29-33-37-45(50)58-42(39-56-59(53,54)57-40-43(47)46(51)52)38-55-44(49)36-32-28-25-23-20-21-24-27-31-35-41(48)34-30-6-4-2/h6,24,27,30-31,35,41-43,48H,3-5,7-23,25-26,28-29,32-34,36-40,47H2,1-2H3,(H,51,52)(H,53,54)/b27-24+,30-6+,35-31+/t41?,42-,43+/m1/s1. The van der Waals surface area contributed by atoms with Crippen molar-refractivity contribution in [3.63, 3.8) is 0 Å². The molecule has 59 heavy (non-hydrogen) atoms. The van der Waals surface area contributed by atoms with Crippen molar-refractivity contribution in [3.8, 4) is 0 Å². The highest BCUT2D eigenvalue weighted by molar-refractivity contribution is 7.47. The average Bonchev–Trinajstić information content (AvgIpc) is 3.20. The van der Waals surface area contributed by atoms with E-state index >= 15 is 0 Å². The highest BCUT2D eigenvalue weighted by Crippen LogP contribution is 2.43. The molecule has 0 aliphatic carbocycles. The molecule has 12 nitrogen and oxygen atoms in total. The van der Waals surface area contributed by atoms with Crippen LogP contribution in [0.4, 0.5) is 0 Å². The van der Waals surface area contributed by atoms with Crippen LogP contribution in [0.15, 0.2) is 36.5 Å². The Kier molecular flexibility index (Phi) is 39.4. The number of carboxylic acid groups (broad SMARTS) is 1. The molecule has 0 saturated heterocycles. The van der Waals surface area contributed by atoms with Crippen molar-refractivity contribution in [2.75, 3.05) is 19.8 Å². The topological polar surface area (TPSA) is 192 Å². The minimum atomic E-state index is -4.73. The summed E-state index contributed by atoms with van der Waals surface area (Å²) in [6.07, 6.45) is 41.1. The highest BCUT2D eigenvalue weighted by Gasteiger charge is 2.28. The Hall–Kier alpha value is -2.34. The maximum atomic E-state index is 12.7. The SMILES string of the molecule is CC/C=C/CC(O)/C=C/C=C/CCCCCCCC(=O)OC[C@H](COP(=O)(O)OC[C@H](N)C(=O)O)OC(=O)CCCCCCCCCCCCCCCCCCCCC. The first-order chi connectivity index (χ1) is 28.5. The van der Waals surface area contributed by atoms with Gasteiger partial charge in [0, 0.05) is 12.8 Å². The lowest BCUT2D eigenvalue weighted by Crippen LogP contribution is -2.34. The van der Waals surface area contributed by atoms with Crippen LogP contribution in [0.5, 0.6) is 0 Å². The van der Waals surface area contributed by atoms with Crippen molar-refractivity contribution < 1.29 is 52.6 Å². The monoisotopic (exact) mass is 858 g/mol. The molecule has 0 heterocycles. The van der Waals surface area contributed by atoms with Crippen molar-refractivity contribution in [1.29, 1.82) is 0 Å². The van der Waals surface area contributed by atoms with E-state index in [1.54, 1.807) is 6.08 Å². The quantitative estimate of drug-likeness (QED) is 0.0149. The summed E-state index contributed by atoms with van der Waals surface area (Å²) in [6, 6.07) is -1.53. The van der Waals surface area contributed by atoms with Crippen LogP contribution in [-0.4, -0.2) is 71.1 Å². The minimum absolute atomic E-state index is 0.149. The highest BCUT2D eigenvalue weighted by atomic mass is 31.2. The number of carbonyl (C=O) groups excluding carboxylic acids is 2. The largest absolute Gasteiger partial charge is 0.480 e. The van der Waals surface area contributed by atoms with Crippen molar-refractivity contribution in [3.05, 3.63) is 36.5 Å². The fourth-order valence-corrected chi connectivity index (χ4v) is 7.12. The van der Waals surface area contributed by atoms with Crippen LogP contribution in [0.2, 0.25) is 0 Å². The summed E-state index contributed by atoms with van der Waals surface area (Å²) in [5, 5.41) is 18.8. The molecule has 0 aliphatic rings. The van der Waals surface area contributed by atoms with E-state index in [9.17, 15) is 28.9 Å². The summed E-state index contributed by atoms with van der Waals surface area (Å²) in [7, 11) is -4.73. The van der Waals surface area contributed by atoms with E-state index in [1.807, 2.05) is 24.3 Å². The van der Waals surface area contributed by atoms with Crippen molar-refractivity contribution in [1.82, 2.24) is 0 Å². The first kappa shape index (κ1) is 56.7. The van der Waals surface area contributed by atoms with Crippen LogP contribution in [0.25, 0.3) is 0 Å². The number of aliphatic hydroxyl groups is 1. The maximum Gasteiger partial charge on any atom is 0.472 e. The van der Waals surface area contributed by atoms with Gasteiger partial charge in [0.15, 0.2) is 6.10 Å². The number of carboxylic acids is 1. The van der Waals surface area contributed by atoms with Crippen LogP contribution in [0.3, 0.4) is 0 Å². The molecule has 0 aromatic carbocycles. The second-order valence-electron chi connectivity index (χ2n) is 15.7. The third kappa shape index (κ3) is 40.8. The third-order valence-electron chi connectivity index (χ3n) is 9.98. The lowest BCUT2D eigenvalue weighted by Gasteiger charge is -2.20. The van der Waals surface area contributed by atoms with Crippen LogP contribution in [0, 0.1) is 0 Å². The summed E-state index contributed by atoms with van der Waals surface area (Å²) < 4.78 is 32.7. The van der Waals surface area contributed by atoms with Gasteiger partial charge in [-0.2, -0.15) is 0 Å². The number of hydrogen-bond acceptors (Lipinski definition) is 10. The Morgan fingerprint density at radius 2 is 1.08 bits per heavy atom. The fourth-order valence-electron chi connectivity index (χ4n) is 6.34. The van der Waals surface area contributed by atoms with Gasteiger partial charge >= 0.3 is 25.7 Å². The summed E-state index contributed by atoms with van der Waals surface area (Å²) in [4.78, 5) is 46.0. The predicted octanol–water partition coefficient (Wildman–Crippen LogP) is 11.4. The third-order valence-corrected chi connectivity index (χ3v) is 10.9. The Morgan fingerprint density at radius 3 is 1.59 bits per heavy atom. The van der Waals surface area contributed by atoms with Gasteiger partial charge in [-0.3, -0.25) is 23.4 Å². The molecule has 344 valence electrons. The Morgan fingerprint density at radius 1 is 0.610 bits per heavy atom. The number of carbonyl (C=O) groups is 3. The number of esters is 2. The number of ether oxygens (including phenoxy) is 2. The molecule has 0 bridgehead atoms. The smallest absolute Gasteiger partial charge is 0.472 e. The van der Waals surface area contributed by atoms with Gasteiger partial charge in [-0.1, -0.05) is 185 Å². The summed E-state index contributed by atoms with van der Waals surface area (Å²) in [6.45, 7) is 2.58. The summed E-state index contributed by atoms with van der Waals surface area (Å²) in [5.41, 5.74) is 5.33. The molecule has 0 fully saturated rings. The first-order valence-corrected chi connectivity index (χ1v) is 24.6. The second-order valence-corrected chi connectivity index (χ2v) is 17.2. The van der Waals surface area contributed by atoms with Gasteiger partial charge in [0.1, 0.15) is 12.6 Å². The second kappa shape index (κ2) is 41.0. The van der Waals surface area contributed by atoms with Gasteiger partial charge in [-0.15, -0.1) is 0 Å². The summed E-state index contributed by atoms with van der Waals surface area (Å²) in [5.74, 6) is -2.43. The zero-order valence-electron chi connectivity index (χ0n) is 37.0. The van der Waals surface area contributed by atoms with Crippen LogP contribution in [-0.2, 0) is 37.5 Å². The lowest BCUT2D eigenvalue weighted by atomic mass is 10.0. The number of unbranched alkanes of at least 4 members (excludes halogenated alkanes) is 23. The van der Waals surface area contributed by atoms with Crippen LogP contribution in [0.1, 0.15) is 200 Å². The number of allylic oxidation sites excluding steroid dienone is 4. The molecule has 0 aromatic rings. The van der Waals surface area contributed by atoms with Gasteiger partial charge in [0.25, 0.3) is 0 Å². The zero-order valence-corrected chi connectivity index (χ0v) is 37.9. The van der Waals surface area contributed by atoms with Crippen molar-refractivity contribution in [2.45, 2.75) is 218 Å². The van der Waals surface area contributed by atoms with Gasteiger partial charge in [0.05, 0.1) is 19.3 Å². The minimum Gasteiger partial charge on any atom is -0.480 e. The molecular formula is C46H84NO11P. The van der Waals surface area contributed by atoms with Gasteiger partial charge in [-0.25, -0.2) is 4.57 Å². The van der Waals surface area contributed by atoms with Gasteiger partial charge < -0.3 is 30.3 Å². The first-order valence-electron chi connectivity index (χ1n) is 23.1. The zero-order chi connectivity index (χ0) is 43.7. The molecule has 0 aliphatic heterocycles. The van der Waals surface area contributed by atoms with E-state index in [2.05, 4.69) is 24.4 Å². The predicted molar refractivity (Wildman–Crippen MR) is 237 cm³/mol. The van der Waals surface area contributed by atoms with E-state index in [-0.39, 0.29) is 19.4 Å². The molecule has 0 radical (unpaired) electrons. The molecule has 0 saturated carbocycles. The molecule has 0 aromatic heterocycles. The van der Waals surface area contributed by atoms with E-state index in [0.717, 1.165) is 57.8 Å². The molecule has 5 N–H and O–H groups in total. The van der Waals surface area contributed by atoms with Gasteiger partial charge in [-0.05, 0) is 38.5 Å². The fraction of sp³-hybridized carbons (Fsp3) is 0.804. The Balaban J connectivity index is 4.35. The Bertz CT molecular complexity index is 1160. The molecule has 4 atom stereocenters. The van der Waals surface area contributed by atoms with E-state index in [4.69, 9.17) is 24.8 Å². The van der Waals surface area contributed by atoms with Crippen molar-refractivity contribution >= 4 is 25.7 Å². The molecule has 0 amide bonds. The lowest BCUT2D eigenvalue weighted by molar-refractivity contribution is -0.161. The van der Waals surface area contributed by atoms with Crippen molar-refractivity contribution in [2.24, 2.45) is 5.73 Å². The molecule has 0 rings (SSSR count). The molecule has 2 unspecified atom stereocenters. The molecule has 0 spiro atoms. The van der Waals surface area contributed by atoms with E-state index < -0.39 is 57.2 Å². The Labute approximate surface area is 357 Å². The number of phosphoric acid groups is 1. The number of aliphatic carboxylic acids is 1. The maximum absolute atomic E-state index is 12.7. The molecular weight excluding hydrogens is 773 g/mol. The number of nitrogens with two attached hydrogens (primary N) is 1. The van der Waals surface area contributed by atoms with E-state index in [1.165, 1.54) is 96.3 Å². The van der Waals surface area contributed by atoms with E-state index in [0.29, 0.717) is 19.3 Å². The molecule has 13 heteroatoms. The van der Waals surface area contributed by atoms with Crippen LogP contribution < -0.4 is 5.73 Å². The number of hydrogen-bond donors (Lipinski definition) is 4. The van der Waals surface area contributed by atoms with Crippen LogP contribution >= 0.6 is 7.82 Å². The summed E-state index contributed by atoms with van der Waals surface area (Å²) >= 11 is 0. The average molecular weight is 858 g/mol. The van der Waals surface area contributed by atoms with Gasteiger partial charge in [0.2, 0.25) is 0 Å².